The van der Waals surface area contributed by atoms with Gasteiger partial charge < -0.3 is 10.2 Å². The lowest BCUT2D eigenvalue weighted by atomic mass is 10.0. The summed E-state index contributed by atoms with van der Waals surface area (Å²) >= 11 is 2.02. The molecule has 1 aliphatic heterocycles. The zero-order chi connectivity index (χ0) is 14.7. The summed E-state index contributed by atoms with van der Waals surface area (Å²) in [4.78, 5) is 7.34. The van der Waals surface area contributed by atoms with Crippen LogP contribution in [0.2, 0.25) is 0 Å². The average molecular weight is 299 g/mol. The Kier molecular flexibility index (Phi) is 4.34. The number of benzene rings is 1. The first kappa shape index (κ1) is 14.3. The van der Waals surface area contributed by atoms with E-state index in [2.05, 4.69) is 53.5 Å². The van der Waals surface area contributed by atoms with Crippen molar-refractivity contribution in [2.24, 2.45) is 0 Å². The molecule has 1 N–H and O–H groups in total. The molecule has 1 aromatic carbocycles. The Bertz CT molecular complexity index is 621. The van der Waals surface area contributed by atoms with Crippen molar-refractivity contribution in [1.82, 2.24) is 4.98 Å². The van der Waals surface area contributed by atoms with Crippen LogP contribution < -0.4 is 10.2 Å². The van der Waals surface area contributed by atoms with Crippen molar-refractivity contribution in [3.8, 4) is 11.3 Å². The summed E-state index contributed by atoms with van der Waals surface area (Å²) in [6, 6.07) is 12.7. The number of hydrogen-bond acceptors (Lipinski definition) is 4. The zero-order valence-corrected chi connectivity index (χ0v) is 13.4. The van der Waals surface area contributed by atoms with Crippen molar-refractivity contribution in [3.63, 3.8) is 0 Å². The van der Waals surface area contributed by atoms with Crippen molar-refractivity contribution < 1.29 is 0 Å². The highest BCUT2D eigenvalue weighted by Gasteiger charge is 2.15. The van der Waals surface area contributed by atoms with E-state index in [1.54, 1.807) is 0 Å². The fourth-order valence-electron chi connectivity index (χ4n) is 2.66. The number of hydrogen-bond donors (Lipinski definition) is 1. The van der Waals surface area contributed by atoms with Crippen LogP contribution in [0.15, 0.2) is 36.4 Å². The summed E-state index contributed by atoms with van der Waals surface area (Å²) in [5.74, 6) is 3.47. The van der Waals surface area contributed by atoms with Gasteiger partial charge in [-0.2, -0.15) is 11.8 Å². The van der Waals surface area contributed by atoms with Gasteiger partial charge in [0.05, 0.1) is 11.4 Å². The molecule has 0 unspecified atom stereocenters. The first-order valence-corrected chi connectivity index (χ1v) is 8.52. The zero-order valence-electron chi connectivity index (χ0n) is 12.6. The second kappa shape index (κ2) is 6.39. The highest BCUT2D eigenvalue weighted by molar-refractivity contribution is 7.99. The van der Waals surface area contributed by atoms with Gasteiger partial charge in [0.1, 0.15) is 5.82 Å². The van der Waals surface area contributed by atoms with E-state index in [0.717, 1.165) is 30.3 Å². The summed E-state index contributed by atoms with van der Waals surface area (Å²) in [5, 5.41) is 3.27. The number of aryl methyl sites for hydroxylation is 1. The van der Waals surface area contributed by atoms with Gasteiger partial charge in [-0.1, -0.05) is 24.3 Å². The molecule has 0 spiro atoms. The predicted molar refractivity (Wildman–Crippen MR) is 93.5 cm³/mol. The van der Waals surface area contributed by atoms with Gasteiger partial charge in [0.15, 0.2) is 0 Å². The third kappa shape index (κ3) is 3.00. The molecule has 110 valence electrons. The molecule has 0 amide bonds. The molecule has 3 nitrogen and oxygen atoms in total. The van der Waals surface area contributed by atoms with Crippen LogP contribution in [0.4, 0.5) is 11.5 Å². The number of pyridine rings is 1. The third-order valence-corrected chi connectivity index (χ3v) is 4.83. The molecule has 1 aromatic heterocycles. The molecule has 0 bridgehead atoms. The van der Waals surface area contributed by atoms with Crippen LogP contribution in [0, 0.1) is 6.92 Å². The predicted octanol–water partition coefficient (Wildman–Crippen LogP) is 3.65. The topological polar surface area (TPSA) is 28.2 Å². The fourth-order valence-corrected chi connectivity index (χ4v) is 3.57. The summed E-state index contributed by atoms with van der Waals surface area (Å²) in [6.07, 6.45) is 0. The highest BCUT2D eigenvalue weighted by Crippen LogP contribution is 2.31. The highest BCUT2D eigenvalue weighted by atomic mass is 32.2. The molecular weight excluding hydrogens is 278 g/mol. The van der Waals surface area contributed by atoms with E-state index in [1.807, 2.05) is 18.8 Å². The standard InChI is InChI=1S/C17H21N3S/c1-13-5-3-4-6-14(13)17-15(18-2)7-8-16(19-17)20-9-11-21-12-10-20/h3-8,18H,9-12H2,1-2H3. The van der Waals surface area contributed by atoms with Gasteiger partial charge in [-0.05, 0) is 24.6 Å². The number of anilines is 2. The molecule has 0 saturated carbocycles. The van der Waals surface area contributed by atoms with Gasteiger partial charge in [-0.3, -0.25) is 0 Å². The molecule has 0 radical (unpaired) electrons. The monoisotopic (exact) mass is 299 g/mol. The lowest BCUT2D eigenvalue weighted by Crippen LogP contribution is -2.33. The third-order valence-electron chi connectivity index (χ3n) is 3.89. The largest absolute Gasteiger partial charge is 0.386 e. The van der Waals surface area contributed by atoms with Crippen molar-refractivity contribution in [3.05, 3.63) is 42.0 Å². The van der Waals surface area contributed by atoms with Crippen LogP contribution in [0.5, 0.6) is 0 Å². The molecule has 1 fully saturated rings. The molecule has 2 heterocycles. The number of thioether (sulfide) groups is 1. The quantitative estimate of drug-likeness (QED) is 0.936. The number of nitrogens with one attached hydrogen (secondary N) is 1. The minimum atomic E-state index is 1.05. The Labute approximate surface area is 130 Å². The Balaban J connectivity index is 2.03. The second-order valence-corrected chi connectivity index (χ2v) is 6.45. The van der Waals surface area contributed by atoms with Crippen LogP contribution in [0.1, 0.15) is 5.56 Å². The van der Waals surface area contributed by atoms with Gasteiger partial charge in [0.25, 0.3) is 0 Å². The Morgan fingerprint density at radius 2 is 1.86 bits per heavy atom. The maximum atomic E-state index is 4.95. The lowest BCUT2D eigenvalue weighted by molar-refractivity contribution is 0.840. The van der Waals surface area contributed by atoms with E-state index >= 15 is 0 Å². The summed E-state index contributed by atoms with van der Waals surface area (Å²) < 4.78 is 0. The molecular formula is C17H21N3S. The second-order valence-electron chi connectivity index (χ2n) is 5.23. The maximum absolute atomic E-state index is 4.95. The van der Waals surface area contributed by atoms with Crippen molar-refractivity contribution in [2.75, 3.05) is 41.9 Å². The van der Waals surface area contributed by atoms with Crippen molar-refractivity contribution >= 4 is 23.3 Å². The summed E-state index contributed by atoms with van der Waals surface area (Å²) in [5.41, 5.74) is 4.59. The fraction of sp³-hybridized carbons (Fsp3) is 0.353. The van der Waals surface area contributed by atoms with Crippen LogP contribution in [0.25, 0.3) is 11.3 Å². The summed E-state index contributed by atoms with van der Waals surface area (Å²) in [7, 11) is 1.95. The minimum absolute atomic E-state index is 1.05. The maximum Gasteiger partial charge on any atom is 0.129 e. The van der Waals surface area contributed by atoms with Crippen LogP contribution in [-0.2, 0) is 0 Å². The molecule has 3 rings (SSSR count). The van der Waals surface area contributed by atoms with Gasteiger partial charge >= 0.3 is 0 Å². The van der Waals surface area contributed by atoms with E-state index < -0.39 is 0 Å². The van der Waals surface area contributed by atoms with Gasteiger partial charge in [0, 0.05) is 37.2 Å². The van der Waals surface area contributed by atoms with Gasteiger partial charge in [-0.15, -0.1) is 0 Å². The van der Waals surface area contributed by atoms with Crippen molar-refractivity contribution in [1.29, 1.82) is 0 Å². The smallest absolute Gasteiger partial charge is 0.129 e. The number of rotatable bonds is 3. The Morgan fingerprint density at radius 1 is 1.10 bits per heavy atom. The molecule has 0 atom stereocenters. The van der Waals surface area contributed by atoms with E-state index in [4.69, 9.17) is 4.98 Å². The van der Waals surface area contributed by atoms with Gasteiger partial charge in [0.2, 0.25) is 0 Å². The number of nitrogens with zero attached hydrogens (tertiary/aromatic N) is 2. The SMILES string of the molecule is CNc1ccc(N2CCSCC2)nc1-c1ccccc1C. The normalized spacial score (nSPS) is 15.0. The lowest BCUT2D eigenvalue weighted by Gasteiger charge is -2.28. The molecule has 0 aliphatic carbocycles. The number of aromatic nitrogens is 1. The Hall–Kier alpha value is -1.68. The minimum Gasteiger partial charge on any atom is -0.386 e. The van der Waals surface area contributed by atoms with Crippen LogP contribution in [-0.4, -0.2) is 36.6 Å². The first-order chi connectivity index (χ1) is 10.3. The van der Waals surface area contributed by atoms with E-state index in [9.17, 15) is 0 Å². The summed E-state index contributed by atoms with van der Waals surface area (Å²) in [6.45, 7) is 4.31. The van der Waals surface area contributed by atoms with E-state index in [-0.39, 0.29) is 0 Å². The molecule has 2 aromatic rings. The molecule has 1 saturated heterocycles. The molecule has 4 heteroatoms. The van der Waals surface area contributed by atoms with Gasteiger partial charge in [-0.25, -0.2) is 4.98 Å². The average Bonchev–Trinajstić information content (AvgIpc) is 2.55. The Morgan fingerprint density at radius 3 is 2.57 bits per heavy atom. The molecule has 21 heavy (non-hydrogen) atoms. The first-order valence-electron chi connectivity index (χ1n) is 7.37. The van der Waals surface area contributed by atoms with Crippen LogP contribution >= 0.6 is 11.8 Å². The van der Waals surface area contributed by atoms with Crippen molar-refractivity contribution in [2.45, 2.75) is 6.92 Å². The molecule has 1 aliphatic rings. The van der Waals surface area contributed by atoms with E-state index in [1.165, 1.54) is 22.6 Å². The van der Waals surface area contributed by atoms with E-state index in [0.29, 0.717) is 0 Å². The van der Waals surface area contributed by atoms with Crippen LogP contribution in [0.3, 0.4) is 0 Å².